The Labute approximate surface area is 158 Å². The highest BCUT2D eigenvalue weighted by molar-refractivity contribution is 5.94. The topological polar surface area (TPSA) is 71.3 Å². The maximum Gasteiger partial charge on any atom is 0.263 e. The molecule has 1 amide bonds. The van der Waals surface area contributed by atoms with E-state index >= 15 is 0 Å². The van der Waals surface area contributed by atoms with Crippen molar-refractivity contribution in [2.75, 3.05) is 31.1 Å². The minimum Gasteiger partial charge on any atom is -0.356 e. The predicted octanol–water partition coefficient (Wildman–Crippen LogP) is 1.51. The highest BCUT2D eigenvalue weighted by Gasteiger charge is 2.42. The van der Waals surface area contributed by atoms with Crippen LogP contribution in [0.15, 0.2) is 35.5 Å². The van der Waals surface area contributed by atoms with Gasteiger partial charge in [0.05, 0.1) is 0 Å². The summed E-state index contributed by atoms with van der Waals surface area (Å²) < 4.78 is 1.45. The van der Waals surface area contributed by atoms with Crippen LogP contribution >= 0.6 is 0 Å². The SMILES string of the molecule is CC(C)c1cc(N2CC3CN(C(=O)c4cccn(C)c4=O)CC3C2)ncn1. The molecule has 4 heterocycles. The van der Waals surface area contributed by atoms with Crippen LogP contribution in [0, 0.1) is 11.8 Å². The molecule has 2 aliphatic heterocycles. The molecule has 0 spiro atoms. The molecule has 2 fully saturated rings. The zero-order chi connectivity index (χ0) is 19.1. The minimum absolute atomic E-state index is 0.152. The number of aryl methyl sites for hydroxylation is 1. The van der Waals surface area contributed by atoms with Crippen molar-refractivity contribution in [1.29, 1.82) is 0 Å². The van der Waals surface area contributed by atoms with E-state index in [0.29, 0.717) is 30.8 Å². The highest BCUT2D eigenvalue weighted by atomic mass is 16.2. The van der Waals surface area contributed by atoms with Gasteiger partial charge in [-0.05, 0) is 18.1 Å². The van der Waals surface area contributed by atoms with Gasteiger partial charge in [0.2, 0.25) is 0 Å². The first kappa shape index (κ1) is 17.7. The lowest BCUT2D eigenvalue weighted by Gasteiger charge is -2.23. The van der Waals surface area contributed by atoms with Crippen molar-refractivity contribution in [3.8, 4) is 0 Å². The zero-order valence-electron chi connectivity index (χ0n) is 16.0. The molecule has 0 saturated carbocycles. The summed E-state index contributed by atoms with van der Waals surface area (Å²) in [5.41, 5.74) is 1.08. The number of fused-ring (bicyclic) bond motifs is 1. The molecule has 0 aliphatic carbocycles. The van der Waals surface area contributed by atoms with Crippen LogP contribution in [0.2, 0.25) is 0 Å². The summed E-state index contributed by atoms with van der Waals surface area (Å²) in [7, 11) is 1.67. The summed E-state index contributed by atoms with van der Waals surface area (Å²) in [5.74, 6) is 2.02. The monoisotopic (exact) mass is 367 g/mol. The van der Waals surface area contributed by atoms with E-state index in [1.165, 1.54) is 4.57 Å². The number of amides is 1. The number of hydrogen-bond acceptors (Lipinski definition) is 5. The van der Waals surface area contributed by atoms with Crippen LogP contribution in [0.5, 0.6) is 0 Å². The summed E-state index contributed by atoms with van der Waals surface area (Å²) in [5, 5.41) is 0. The van der Waals surface area contributed by atoms with E-state index < -0.39 is 0 Å². The number of anilines is 1. The summed E-state index contributed by atoms with van der Waals surface area (Å²) in [6, 6.07) is 5.44. The fourth-order valence-corrected chi connectivity index (χ4v) is 4.13. The number of carbonyl (C=O) groups excluding carboxylic acids is 1. The molecule has 0 radical (unpaired) electrons. The minimum atomic E-state index is -0.233. The summed E-state index contributed by atoms with van der Waals surface area (Å²) in [6.07, 6.45) is 3.31. The Bertz CT molecular complexity index is 909. The van der Waals surface area contributed by atoms with Crippen LogP contribution in [0.4, 0.5) is 5.82 Å². The first-order valence-electron chi connectivity index (χ1n) is 9.46. The summed E-state index contributed by atoms with van der Waals surface area (Å²) in [4.78, 5) is 38.0. The molecule has 0 N–H and O–H groups in total. The van der Waals surface area contributed by atoms with Crippen molar-refractivity contribution in [3.63, 3.8) is 0 Å². The van der Waals surface area contributed by atoms with Gasteiger partial charge in [-0.15, -0.1) is 0 Å². The highest BCUT2D eigenvalue weighted by Crippen LogP contribution is 2.34. The number of carbonyl (C=O) groups is 1. The third kappa shape index (κ3) is 3.22. The average Bonchev–Trinajstić information content (AvgIpc) is 3.23. The summed E-state index contributed by atoms with van der Waals surface area (Å²) in [6.45, 7) is 7.41. The van der Waals surface area contributed by atoms with Crippen molar-refractivity contribution in [3.05, 3.63) is 52.3 Å². The zero-order valence-corrected chi connectivity index (χ0v) is 16.0. The normalized spacial score (nSPS) is 21.8. The first-order valence-corrected chi connectivity index (χ1v) is 9.46. The third-order valence-electron chi connectivity index (χ3n) is 5.72. The maximum atomic E-state index is 12.8. The largest absolute Gasteiger partial charge is 0.356 e. The van der Waals surface area contributed by atoms with Gasteiger partial charge >= 0.3 is 0 Å². The lowest BCUT2D eigenvalue weighted by Crippen LogP contribution is -2.37. The molecule has 4 rings (SSSR count). The molecular weight excluding hydrogens is 342 g/mol. The van der Waals surface area contributed by atoms with Gasteiger partial charge in [0.15, 0.2) is 0 Å². The van der Waals surface area contributed by atoms with Crippen LogP contribution in [0.3, 0.4) is 0 Å². The standard InChI is InChI=1S/C20H25N5O2/c1-13(2)17-7-18(22-12-21-17)24-8-14-10-25(11-15(14)9-24)20(27)16-5-4-6-23(3)19(16)26/h4-7,12-15H,8-11H2,1-3H3. The molecule has 7 nitrogen and oxygen atoms in total. The quantitative estimate of drug-likeness (QED) is 0.822. The molecule has 2 aliphatic rings. The Balaban J connectivity index is 1.45. The Morgan fingerprint density at radius 1 is 1.15 bits per heavy atom. The predicted molar refractivity (Wildman–Crippen MR) is 103 cm³/mol. The molecule has 2 aromatic rings. The molecule has 0 aromatic carbocycles. The third-order valence-corrected chi connectivity index (χ3v) is 5.72. The van der Waals surface area contributed by atoms with Crippen molar-refractivity contribution >= 4 is 11.7 Å². The maximum absolute atomic E-state index is 12.8. The van der Waals surface area contributed by atoms with Crippen LogP contribution in [-0.2, 0) is 7.05 Å². The smallest absolute Gasteiger partial charge is 0.263 e. The Morgan fingerprint density at radius 3 is 2.52 bits per heavy atom. The number of pyridine rings is 1. The number of rotatable bonds is 3. The van der Waals surface area contributed by atoms with Gasteiger partial charge in [-0.3, -0.25) is 9.59 Å². The van der Waals surface area contributed by atoms with E-state index in [1.807, 2.05) is 4.90 Å². The van der Waals surface area contributed by atoms with Gasteiger partial charge in [-0.25, -0.2) is 9.97 Å². The molecule has 27 heavy (non-hydrogen) atoms. The van der Waals surface area contributed by atoms with Crippen LogP contribution in [0.1, 0.15) is 35.8 Å². The van der Waals surface area contributed by atoms with Crippen LogP contribution in [-0.4, -0.2) is 51.5 Å². The average molecular weight is 367 g/mol. The molecular formula is C20H25N5O2. The van der Waals surface area contributed by atoms with E-state index in [0.717, 1.165) is 24.6 Å². The second kappa shape index (κ2) is 6.79. The van der Waals surface area contributed by atoms with Crippen molar-refractivity contribution in [1.82, 2.24) is 19.4 Å². The van der Waals surface area contributed by atoms with Gasteiger partial charge in [0, 0.05) is 63.0 Å². The van der Waals surface area contributed by atoms with E-state index in [1.54, 1.807) is 31.7 Å². The van der Waals surface area contributed by atoms with Gasteiger partial charge < -0.3 is 14.4 Å². The number of aromatic nitrogens is 3. The Hall–Kier alpha value is -2.70. The lowest BCUT2D eigenvalue weighted by atomic mass is 10.0. The first-order chi connectivity index (χ1) is 12.9. The lowest BCUT2D eigenvalue weighted by molar-refractivity contribution is 0.0780. The fourth-order valence-electron chi connectivity index (χ4n) is 4.13. The van der Waals surface area contributed by atoms with Gasteiger partial charge in [-0.2, -0.15) is 0 Å². The molecule has 2 unspecified atom stereocenters. The van der Waals surface area contributed by atoms with E-state index in [2.05, 4.69) is 34.8 Å². The van der Waals surface area contributed by atoms with Crippen LogP contribution in [0.25, 0.3) is 0 Å². The van der Waals surface area contributed by atoms with E-state index in [9.17, 15) is 9.59 Å². The molecule has 2 atom stereocenters. The Kier molecular flexibility index (Phi) is 4.45. The molecule has 2 saturated heterocycles. The number of likely N-dealkylation sites (tertiary alicyclic amines) is 1. The van der Waals surface area contributed by atoms with E-state index in [-0.39, 0.29) is 17.0 Å². The van der Waals surface area contributed by atoms with Crippen molar-refractivity contribution in [2.24, 2.45) is 18.9 Å². The van der Waals surface area contributed by atoms with Crippen LogP contribution < -0.4 is 10.5 Å². The second-order valence-electron chi connectivity index (χ2n) is 7.93. The fraction of sp³-hybridized carbons (Fsp3) is 0.500. The molecule has 7 heteroatoms. The second-order valence-corrected chi connectivity index (χ2v) is 7.93. The molecule has 142 valence electrons. The number of hydrogen-bond donors (Lipinski definition) is 0. The molecule has 2 aromatic heterocycles. The van der Waals surface area contributed by atoms with Crippen molar-refractivity contribution in [2.45, 2.75) is 19.8 Å². The summed E-state index contributed by atoms with van der Waals surface area (Å²) >= 11 is 0. The Morgan fingerprint density at radius 2 is 1.85 bits per heavy atom. The number of nitrogens with zero attached hydrogens (tertiary/aromatic N) is 5. The van der Waals surface area contributed by atoms with E-state index in [4.69, 9.17) is 0 Å². The molecule has 0 bridgehead atoms. The van der Waals surface area contributed by atoms with Crippen molar-refractivity contribution < 1.29 is 4.79 Å². The van der Waals surface area contributed by atoms with Gasteiger partial charge in [0.25, 0.3) is 11.5 Å². The van der Waals surface area contributed by atoms with Gasteiger partial charge in [-0.1, -0.05) is 13.8 Å². The van der Waals surface area contributed by atoms with Gasteiger partial charge in [0.1, 0.15) is 17.7 Å².